The molecule has 0 saturated carbocycles. The Morgan fingerprint density at radius 3 is 2.66 bits per heavy atom. The minimum Gasteiger partial charge on any atom is -0.497 e. The highest BCUT2D eigenvalue weighted by Crippen LogP contribution is 2.16. The molecule has 0 radical (unpaired) electrons. The third kappa shape index (κ3) is 5.31. The summed E-state index contributed by atoms with van der Waals surface area (Å²) in [5, 5.41) is 5.19. The maximum atomic E-state index is 13.2. The Morgan fingerprint density at radius 2 is 1.97 bits per heavy atom. The first-order valence-electron chi connectivity index (χ1n) is 9.26. The van der Waals surface area contributed by atoms with E-state index in [-0.39, 0.29) is 31.2 Å². The third-order valence-corrected chi connectivity index (χ3v) is 4.66. The molecule has 0 aromatic heterocycles. The monoisotopic (exact) mass is 399 g/mol. The molecular formula is C21H22FN3O4. The Labute approximate surface area is 167 Å². The van der Waals surface area contributed by atoms with Crippen LogP contribution < -0.4 is 15.4 Å². The van der Waals surface area contributed by atoms with Crippen LogP contribution >= 0.6 is 0 Å². The van der Waals surface area contributed by atoms with Gasteiger partial charge in [0, 0.05) is 18.7 Å². The molecule has 2 aromatic rings. The van der Waals surface area contributed by atoms with Crippen molar-refractivity contribution >= 4 is 23.5 Å². The van der Waals surface area contributed by atoms with Gasteiger partial charge in [0.2, 0.25) is 5.91 Å². The first kappa shape index (κ1) is 20.3. The summed E-state index contributed by atoms with van der Waals surface area (Å²) in [6.45, 7) is 0.253. The number of anilines is 1. The van der Waals surface area contributed by atoms with Gasteiger partial charge in [0.15, 0.2) is 0 Å². The predicted octanol–water partition coefficient (Wildman–Crippen LogP) is 2.72. The number of amides is 4. The van der Waals surface area contributed by atoms with Crippen molar-refractivity contribution in [2.45, 2.75) is 25.3 Å². The van der Waals surface area contributed by atoms with Crippen LogP contribution in [-0.4, -0.2) is 42.4 Å². The minimum atomic E-state index is -0.739. The standard InChI is InChI=1S/C21H22FN3O4/c1-29-17-7-5-14(6-8-17)11-12-25-20(27)18(24-21(25)28)9-10-19(26)23-16-4-2-3-15(22)13-16/h2-8,13,18H,9-12H2,1H3,(H,23,26)(H,24,28). The van der Waals surface area contributed by atoms with Crippen LogP contribution in [0, 0.1) is 5.82 Å². The first-order chi connectivity index (χ1) is 14.0. The smallest absolute Gasteiger partial charge is 0.324 e. The Kier molecular flexibility index (Phi) is 6.43. The van der Waals surface area contributed by atoms with E-state index in [0.29, 0.717) is 12.1 Å². The molecule has 0 aliphatic carbocycles. The van der Waals surface area contributed by atoms with Crippen molar-refractivity contribution in [2.24, 2.45) is 0 Å². The molecule has 1 aliphatic rings. The second-order valence-electron chi connectivity index (χ2n) is 6.69. The fraction of sp³-hybridized carbons (Fsp3) is 0.286. The number of nitrogens with zero attached hydrogens (tertiary/aromatic N) is 1. The average molecular weight is 399 g/mol. The Bertz CT molecular complexity index is 901. The van der Waals surface area contributed by atoms with E-state index in [9.17, 15) is 18.8 Å². The van der Waals surface area contributed by atoms with Gasteiger partial charge in [-0.15, -0.1) is 0 Å². The van der Waals surface area contributed by atoms with Crippen LogP contribution in [0.2, 0.25) is 0 Å². The van der Waals surface area contributed by atoms with Gasteiger partial charge >= 0.3 is 6.03 Å². The molecule has 0 bridgehead atoms. The number of imide groups is 1. The molecule has 8 heteroatoms. The number of methoxy groups -OCH3 is 1. The number of hydrogen-bond donors (Lipinski definition) is 2. The molecule has 1 unspecified atom stereocenters. The van der Waals surface area contributed by atoms with Gasteiger partial charge in [-0.1, -0.05) is 18.2 Å². The molecule has 4 amide bonds. The molecule has 7 nitrogen and oxygen atoms in total. The molecule has 152 valence electrons. The number of halogens is 1. The SMILES string of the molecule is COc1ccc(CCN2C(=O)NC(CCC(=O)Nc3cccc(F)c3)C2=O)cc1. The van der Waals surface area contributed by atoms with Gasteiger partial charge in [-0.2, -0.15) is 0 Å². The van der Waals surface area contributed by atoms with Gasteiger partial charge in [-0.3, -0.25) is 14.5 Å². The molecular weight excluding hydrogens is 377 g/mol. The highest BCUT2D eigenvalue weighted by Gasteiger charge is 2.37. The van der Waals surface area contributed by atoms with E-state index in [1.807, 2.05) is 24.3 Å². The Hall–Kier alpha value is -3.42. The summed E-state index contributed by atoms with van der Waals surface area (Å²) in [6.07, 6.45) is 0.722. The molecule has 1 heterocycles. The van der Waals surface area contributed by atoms with E-state index in [4.69, 9.17) is 4.74 Å². The zero-order chi connectivity index (χ0) is 20.8. The topological polar surface area (TPSA) is 87.7 Å². The lowest BCUT2D eigenvalue weighted by Crippen LogP contribution is -2.33. The summed E-state index contributed by atoms with van der Waals surface area (Å²) in [5.41, 5.74) is 1.32. The van der Waals surface area contributed by atoms with Crippen LogP contribution in [0.15, 0.2) is 48.5 Å². The lowest BCUT2D eigenvalue weighted by atomic mass is 10.1. The van der Waals surface area contributed by atoms with E-state index in [0.717, 1.165) is 11.3 Å². The van der Waals surface area contributed by atoms with Crippen LogP contribution in [0.1, 0.15) is 18.4 Å². The van der Waals surface area contributed by atoms with Crippen LogP contribution in [0.5, 0.6) is 5.75 Å². The van der Waals surface area contributed by atoms with E-state index >= 15 is 0 Å². The quantitative estimate of drug-likeness (QED) is 0.668. The number of urea groups is 1. The van der Waals surface area contributed by atoms with E-state index in [2.05, 4.69) is 10.6 Å². The summed E-state index contributed by atoms with van der Waals surface area (Å²) in [4.78, 5) is 37.8. The number of carbonyl (C=O) groups is 3. The van der Waals surface area contributed by atoms with Gasteiger partial charge in [-0.25, -0.2) is 9.18 Å². The second-order valence-corrected chi connectivity index (χ2v) is 6.69. The Morgan fingerprint density at radius 1 is 1.21 bits per heavy atom. The highest BCUT2D eigenvalue weighted by molar-refractivity contribution is 6.04. The van der Waals surface area contributed by atoms with Gasteiger partial charge in [0.1, 0.15) is 17.6 Å². The van der Waals surface area contributed by atoms with Crippen molar-refractivity contribution < 1.29 is 23.5 Å². The zero-order valence-electron chi connectivity index (χ0n) is 16.0. The number of ether oxygens (including phenoxy) is 1. The lowest BCUT2D eigenvalue weighted by Gasteiger charge is -2.13. The van der Waals surface area contributed by atoms with Crippen LogP contribution in [-0.2, 0) is 16.0 Å². The molecule has 1 atom stereocenters. The highest BCUT2D eigenvalue weighted by atomic mass is 19.1. The zero-order valence-corrected chi connectivity index (χ0v) is 16.0. The fourth-order valence-corrected chi connectivity index (χ4v) is 3.08. The van der Waals surface area contributed by atoms with Crippen molar-refractivity contribution in [1.29, 1.82) is 0 Å². The molecule has 29 heavy (non-hydrogen) atoms. The molecule has 1 fully saturated rings. The average Bonchev–Trinajstić information content (AvgIpc) is 2.98. The van der Waals surface area contributed by atoms with E-state index in [1.54, 1.807) is 13.2 Å². The van der Waals surface area contributed by atoms with Gasteiger partial charge in [-0.05, 0) is 48.7 Å². The molecule has 3 rings (SSSR count). The second kappa shape index (κ2) is 9.18. The Balaban J connectivity index is 1.48. The number of rotatable bonds is 8. The van der Waals surface area contributed by atoms with Crippen molar-refractivity contribution in [3.8, 4) is 5.75 Å². The number of nitrogens with one attached hydrogen (secondary N) is 2. The van der Waals surface area contributed by atoms with Crippen molar-refractivity contribution in [1.82, 2.24) is 10.2 Å². The lowest BCUT2D eigenvalue weighted by molar-refractivity contribution is -0.127. The van der Waals surface area contributed by atoms with Crippen molar-refractivity contribution in [3.05, 3.63) is 59.9 Å². The third-order valence-electron chi connectivity index (χ3n) is 4.66. The summed E-state index contributed by atoms with van der Waals surface area (Å²) in [7, 11) is 1.58. The van der Waals surface area contributed by atoms with Gasteiger partial charge < -0.3 is 15.4 Å². The van der Waals surface area contributed by atoms with E-state index in [1.165, 1.54) is 23.1 Å². The molecule has 2 N–H and O–H groups in total. The van der Waals surface area contributed by atoms with Gasteiger partial charge in [0.05, 0.1) is 7.11 Å². The minimum absolute atomic E-state index is 0.0273. The van der Waals surface area contributed by atoms with Crippen LogP contribution in [0.25, 0.3) is 0 Å². The maximum absolute atomic E-state index is 13.2. The number of benzene rings is 2. The summed E-state index contributed by atoms with van der Waals surface area (Å²) < 4.78 is 18.3. The summed E-state index contributed by atoms with van der Waals surface area (Å²) in [5.74, 6) is -0.412. The number of hydrogen-bond acceptors (Lipinski definition) is 4. The molecule has 1 aliphatic heterocycles. The number of carbonyl (C=O) groups excluding carboxylic acids is 3. The molecule has 1 saturated heterocycles. The fourth-order valence-electron chi connectivity index (χ4n) is 3.08. The maximum Gasteiger partial charge on any atom is 0.324 e. The van der Waals surface area contributed by atoms with Crippen molar-refractivity contribution in [3.63, 3.8) is 0 Å². The summed E-state index contributed by atoms with van der Waals surface area (Å²) >= 11 is 0. The molecule has 2 aromatic carbocycles. The van der Waals surface area contributed by atoms with Crippen LogP contribution in [0.3, 0.4) is 0 Å². The first-order valence-corrected chi connectivity index (χ1v) is 9.26. The van der Waals surface area contributed by atoms with Crippen LogP contribution in [0.4, 0.5) is 14.9 Å². The van der Waals surface area contributed by atoms with Crippen molar-refractivity contribution in [2.75, 3.05) is 19.0 Å². The van der Waals surface area contributed by atoms with Gasteiger partial charge in [0.25, 0.3) is 5.91 Å². The summed E-state index contributed by atoms with van der Waals surface area (Å²) in [6, 6.07) is 11.8. The largest absolute Gasteiger partial charge is 0.497 e. The normalized spacial score (nSPS) is 15.9. The molecule has 0 spiro atoms. The predicted molar refractivity (Wildman–Crippen MR) is 105 cm³/mol. The van der Waals surface area contributed by atoms with E-state index < -0.39 is 17.9 Å².